The summed E-state index contributed by atoms with van der Waals surface area (Å²) < 4.78 is 2.08. The first-order chi connectivity index (χ1) is 8.70. The van der Waals surface area contributed by atoms with E-state index in [-0.39, 0.29) is 5.75 Å². The van der Waals surface area contributed by atoms with Gasteiger partial charge >= 0.3 is 5.97 Å². The van der Waals surface area contributed by atoms with E-state index in [1.54, 1.807) is 0 Å². The van der Waals surface area contributed by atoms with Crippen LogP contribution in [0.4, 0.5) is 0 Å². The van der Waals surface area contributed by atoms with Gasteiger partial charge in [0.05, 0.1) is 5.75 Å². The molecule has 6 heteroatoms. The lowest BCUT2D eigenvalue weighted by Gasteiger charge is -2.08. The van der Waals surface area contributed by atoms with Gasteiger partial charge in [0.25, 0.3) is 0 Å². The van der Waals surface area contributed by atoms with Gasteiger partial charge in [0, 0.05) is 13.0 Å². The van der Waals surface area contributed by atoms with E-state index < -0.39 is 5.97 Å². The van der Waals surface area contributed by atoms with Crippen molar-refractivity contribution in [2.75, 3.05) is 5.75 Å². The highest BCUT2D eigenvalue weighted by molar-refractivity contribution is 7.99. The van der Waals surface area contributed by atoms with E-state index in [1.165, 1.54) is 31.0 Å². The second kappa shape index (κ2) is 6.22. The van der Waals surface area contributed by atoms with Crippen LogP contribution in [0.2, 0.25) is 0 Å². The van der Waals surface area contributed by atoms with E-state index in [4.69, 9.17) is 5.11 Å². The van der Waals surface area contributed by atoms with Crippen LogP contribution in [0.3, 0.4) is 0 Å². The average Bonchev–Trinajstić information content (AvgIpc) is 3.07. The highest BCUT2D eigenvalue weighted by Gasteiger charge is 2.21. The highest BCUT2D eigenvalue weighted by Crippen LogP contribution is 2.33. The molecule has 0 radical (unpaired) electrons. The molecule has 18 heavy (non-hydrogen) atoms. The highest BCUT2D eigenvalue weighted by atomic mass is 32.2. The first-order valence-electron chi connectivity index (χ1n) is 6.47. The van der Waals surface area contributed by atoms with Gasteiger partial charge in [0.2, 0.25) is 0 Å². The number of aromatic nitrogens is 3. The molecule has 1 heterocycles. The minimum Gasteiger partial charge on any atom is -0.481 e. The monoisotopic (exact) mass is 269 g/mol. The van der Waals surface area contributed by atoms with Gasteiger partial charge in [0.15, 0.2) is 5.16 Å². The lowest BCUT2D eigenvalue weighted by Crippen LogP contribution is -2.07. The van der Waals surface area contributed by atoms with Gasteiger partial charge in [-0.1, -0.05) is 31.5 Å². The van der Waals surface area contributed by atoms with Crippen molar-refractivity contribution >= 4 is 17.7 Å². The molecule has 1 saturated carbocycles. The van der Waals surface area contributed by atoms with Crippen LogP contribution in [-0.2, 0) is 17.8 Å². The summed E-state index contributed by atoms with van der Waals surface area (Å²) in [7, 11) is 0. The van der Waals surface area contributed by atoms with Crippen LogP contribution >= 0.6 is 11.8 Å². The van der Waals surface area contributed by atoms with Crippen LogP contribution in [-0.4, -0.2) is 31.6 Å². The summed E-state index contributed by atoms with van der Waals surface area (Å²) in [5.41, 5.74) is 0. The van der Waals surface area contributed by atoms with Crippen LogP contribution in [0, 0.1) is 5.92 Å². The van der Waals surface area contributed by atoms with Crippen LogP contribution < -0.4 is 0 Å². The molecule has 1 aliphatic rings. The summed E-state index contributed by atoms with van der Waals surface area (Å²) >= 11 is 1.26. The van der Waals surface area contributed by atoms with Crippen LogP contribution in [0.1, 0.15) is 38.4 Å². The average molecular weight is 269 g/mol. The molecule has 2 rings (SSSR count). The van der Waals surface area contributed by atoms with Crippen LogP contribution in [0.25, 0.3) is 0 Å². The van der Waals surface area contributed by atoms with E-state index in [9.17, 15) is 4.79 Å². The third-order valence-electron chi connectivity index (χ3n) is 3.13. The number of aryl methyl sites for hydroxylation is 1. The Labute approximate surface area is 111 Å². The summed E-state index contributed by atoms with van der Waals surface area (Å²) in [6.07, 6.45) is 6.00. The lowest BCUT2D eigenvalue weighted by atomic mass is 10.2. The first-order valence-corrected chi connectivity index (χ1v) is 7.46. The van der Waals surface area contributed by atoms with Crippen molar-refractivity contribution in [1.29, 1.82) is 0 Å². The van der Waals surface area contributed by atoms with Gasteiger partial charge in [-0.05, 0) is 18.8 Å². The molecule has 1 N–H and O–H groups in total. The number of hydrogen-bond donors (Lipinski definition) is 1. The second-order valence-corrected chi connectivity index (χ2v) is 5.61. The Bertz CT molecular complexity index is 415. The van der Waals surface area contributed by atoms with E-state index in [0.29, 0.717) is 0 Å². The number of rotatable bonds is 8. The molecule has 0 atom stereocenters. The fourth-order valence-corrected chi connectivity index (χ4v) is 2.69. The molecule has 0 amide bonds. The molecule has 0 unspecified atom stereocenters. The van der Waals surface area contributed by atoms with Crippen molar-refractivity contribution < 1.29 is 9.90 Å². The normalized spacial score (nSPS) is 14.9. The third kappa shape index (κ3) is 3.73. The molecule has 0 spiro atoms. The molecule has 5 nitrogen and oxygen atoms in total. The van der Waals surface area contributed by atoms with Crippen molar-refractivity contribution in [3.8, 4) is 0 Å². The summed E-state index contributed by atoms with van der Waals surface area (Å²) in [6, 6.07) is 0. The Morgan fingerprint density at radius 1 is 1.50 bits per heavy atom. The quantitative estimate of drug-likeness (QED) is 0.733. The molecule has 1 aromatic heterocycles. The van der Waals surface area contributed by atoms with E-state index in [1.807, 2.05) is 6.92 Å². The Hall–Kier alpha value is -1.04. The van der Waals surface area contributed by atoms with Crippen molar-refractivity contribution in [3.05, 3.63) is 5.82 Å². The number of aliphatic carboxylic acids is 1. The van der Waals surface area contributed by atoms with Gasteiger partial charge in [-0.25, -0.2) is 0 Å². The topological polar surface area (TPSA) is 68.0 Å². The second-order valence-electron chi connectivity index (χ2n) is 4.67. The van der Waals surface area contributed by atoms with Gasteiger partial charge < -0.3 is 9.67 Å². The van der Waals surface area contributed by atoms with Gasteiger partial charge in [-0.2, -0.15) is 0 Å². The Morgan fingerprint density at radius 2 is 2.28 bits per heavy atom. The van der Waals surface area contributed by atoms with Gasteiger partial charge in [-0.15, -0.1) is 10.2 Å². The maximum Gasteiger partial charge on any atom is 0.313 e. The minimum absolute atomic E-state index is 0.0461. The maximum absolute atomic E-state index is 10.6. The molecule has 1 aliphatic carbocycles. The van der Waals surface area contributed by atoms with Gasteiger partial charge in [0.1, 0.15) is 5.82 Å². The molecule has 0 aliphatic heterocycles. The molecular weight excluding hydrogens is 250 g/mol. The summed E-state index contributed by atoms with van der Waals surface area (Å²) in [5.74, 6) is 1.12. The standard InChI is InChI=1S/C12H19N3O2S/c1-2-10-13-14-12(18-8-11(16)17)15(10)7-3-4-9-5-6-9/h9H,2-8H2,1H3,(H,16,17). The van der Waals surface area contributed by atoms with Crippen LogP contribution in [0.5, 0.6) is 0 Å². The first kappa shape index (κ1) is 13.4. The maximum atomic E-state index is 10.6. The Morgan fingerprint density at radius 3 is 2.89 bits per heavy atom. The number of hydrogen-bond acceptors (Lipinski definition) is 4. The zero-order valence-corrected chi connectivity index (χ0v) is 11.4. The third-order valence-corrected chi connectivity index (χ3v) is 4.08. The fraction of sp³-hybridized carbons (Fsp3) is 0.750. The fourth-order valence-electron chi connectivity index (χ4n) is 1.98. The zero-order valence-electron chi connectivity index (χ0n) is 10.6. The Kier molecular flexibility index (Phi) is 4.63. The van der Waals surface area contributed by atoms with E-state index in [0.717, 1.165) is 36.3 Å². The summed E-state index contributed by atoms with van der Waals surface area (Å²) in [5, 5.41) is 17.7. The molecule has 0 aromatic carbocycles. The molecule has 1 aromatic rings. The lowest BCUT2D eigenvalue weighted by molar-refractivity contribution is -0.133. The van der Waals surface area contributed by atoms with Gasteiger partial charge in [-0.3, -0.25) is 4.79 Å². The Balaban J connectivity index is 1.93. The predicted octanol–water partition coefficient (Wildman–Crippen LogP) is 2.21. The van der Waals surface area contributed by atoms with Crippen molar-refractivity contribution in [3.63, 3.8) is 0 Å². The van der Waals surface area contributed by atoms with Crippen LogP contribution in [0.15, 0.2) is 5.16 Å². The number of nitrogens with zero attached hydrogens (tertiary/aromatic N) is 3. The van der Waals surface area contributed by atoms with Crippen molar-refractivity contribution in [2.24, 2.45) is 5.92 Å². The van der Waals surface area contributed by atoms with E-state index in [2.05, 4.69) is 14.8 Å². The summed E-state index contributed by atoms with van der Waals surface area (Å²) in [4.78, 5) is 10.6. The number of thioether (sulfide) groups is 1. The number of carboxylic acid groups (broad SMARTS) is 1. The summed E-state index contributed by atoms with van der Waals surface area (Å²) in [6.45, 7) is 2.96. The molecule has 1 fully saturated rings. The molecular formula is C12H19N3O2S. The SMILES string of the molecule is CCc1nnc(SCC(=O)O)n1CCCC1CC1. The largest absolute Gasteiger partial charge is 0.481 e. The minimum atomic E-state index is -0.814. The molecule has 0 bridgehead atoms. The van der Waals surface area contributed by atoms with Crippen molar-refractivity contribution in [2.45, 2.75) is 50.7 Å². The zero-order chi connectivity index (χ0) is 13.0. The molecule has 100 valence electrons. The number of carbonyl (C=O) groups is 1. The number of carboxylic acids is 1. The molecule has 0 saturated heterocycles. The van der Waals surface area contributed by atoms with E-state index >= 15 is 0 Å². The predicted molar refractivity (Wildman–Crippen MR) is 69.7 cm³/mol. The van der Waals surface area contributed by atoms with Crippen molar-refractivity contribution in [1.82, 2.24) is 14.8 Å². The smallest absolute Gasteiger partial charge is 0.313 e.